The molecule has 3 aromatic heterocycles. The van der Waals surface area contributed by atoms with Crippen molar-refractivity contribution in [3.05, 3.63) is 88.8 Å². The number of aryl methyl sites for hydroxylation is 1. The Kier molecular flexibility index (Phi) is 8.93. The summed E-state index contributed by atoms with van der Waals surface area (Å²) in [5.41, 5.74) is 1.17. The molecule has 1 N–H and O–H groups in total. The number of thiazole rings is 1. The molecule has 1 aliphatic rings. The van der Waals surface area contributed by atoms with E-state index in [9.17, 15) is 16.8 Å². The van der Waals surface area contributed by atoms with Crippen molar-refractivity contribution < 1.29 is 21.2 Å². The number of aromatic nitrogens is 3. The Bertz CT molecular complexity index is 2060. The van der Waals surface area contributed by atoms with Crippen LogP contribution in [-0.4, -0.2) is 48.2 Å². The van der Waals surface area contributed by atoms with Crippen molar-refractivity contribution in [3.8, 4) is 21.7 Å². The van der Waals surface area contributed by atoms with Crippen LogP contribution in [0.3, 0.4) is 0 Å². The molecule has 45 heavy (non-hydrogen) atoms. The summed E-state index contributed by atoms with van der Waals surface area (Å²) in [5, 5.41) is 1.28. The van der Waals surface area contributed by atoms with Gasteiger partial charge in [-0.3, -0.25) is 4.72 Å². The third kappa shape index (κ3) is 6.14. The third-order valence-corrected chi connectivity index (χ3v) is 12.2. The minimum atomic E-state index is -4.04. The Hall–Kier alpha value is -3.65. The van der Waals surface area contributed by atoms with Crippen LogP contribution >= 0.6 is 11.3 Å². The highest BCUT2D eigenvalue weighted by molar-refractivity contribution is 7.94. The van der Waals surface area contributed by atoms with Crippen molar-refractivity contribution in [2.24, 2.45) is 0 Å². The van der Waals surface area contributed by atoms with Crippen LogP contribution in [-0.2, 0) is 25.6 Å². The Morgan fingerprint density at radius 1 is 1.11 bits per heavy atom. The molecule has 5 rings (SSSR count). The number of anilines is 1. The van der Waals surface area contributed by atoms with Crippen molar-refractivity contribution in [3.63, 3.8) is 0 Å². The SMILES string of the molecule is C=CC=C(C=CC)S(=O)(=O)n1c(C)cc2c(-c3sc(C(C)(C)C)nc3-c3cccc(NS(=O)(=O)N4CCCC4)c3F)ccnc21. The molecule has 238 valence electrons. The molecular formula is C32H36FN5O4S3. The first-order chi connectivity index (χ1) is 21.2. The van der Waals surface area contributed by atoms with E-state index in [1.54, 1.807) is 44.2 Å². The third-order valence-electron chi connectivity index (χ3n) is 7.40. The van der Waals surface area contributed by atoms with E-state index in [-0.39, 0.29) is 21.8 Å². The summed E-state index contributed by atoms with van der Waals surface area (Å²) < 4.78 is 74.8. The van der Waals surface area contributed by atoms with Crippen molar-refractivity contribution in [2.45, 2.75) is 52.9 Å². The molecule has 0 saturated carbocycles. The number of nitrogens with one attached hydrogen (secondary N) is 1. The van der Waals surface area contributed by atoms with E-state index in [0.29, 0.717) is 40.3 Å². The minimum absolute atomic E-state index is 0.0524. The van der Waals surface area contributed by atoms with E-state index in [2.05, 4.69) is 16.3 Å². The number of fused-ring (bicyclic) bond motifs is 1. The van der Waals surface area contributed by atoms with E-state index in [1.165, 1.54) is 50.1 Å². The fourth-order valence-corrected chi connectivity index (χ4v) is 9.32. The maximum Gasteiger partial charge on any atom is 0.301 e. The average Bonchev–Trinajstić information content (AvgIpc) is 3.72. The number of halogens is 1. The normalized spacial score (nSPS) is 15.4. The van der Waals surface area contributed by atoms with Gasteiger partial charge in [0.25, 0.3) is 10.0 Å². The van der Waals surface area contributed by atoms with Gasteiger partial charge in [0, 0.05) is 46.9 Å². The second-order valence-corrected chi connectivity index (χ2v) is 16.2. The lowest BCUT2D eigenvalue weighted by Crippen LogP contribution is -2.33. The molecule has 1 aromatic carbocycles. The maximum absolute atomic E-state index is 16.3. The molecule has 0 amide bonds. The van der Waals surface area contributed by atoms with Gasteiger partial charge >= 0.3 is 10.2 Å². The first-order valence-electron chi connectivity index (χ1n) is 14.5. The molecule has 0 radical (unpaired) electrons. The highest BCUT2D eigenvalue weighted by atomic mass is 32.2. The summed E-state index contributed by atoms with van der Waals surface area (Å²) in [5.74, 6) is -0.750. The summed E-state index contributed by atoms with van der Waals surface area (Å²) in [6, 6.07) is 8.04. The van der Waals surface area contributed by atoms with Gasteiger partial charge in [-0.15, -0.1) is 11.3 Å². The van der Waals surface area contributed by atoms with Crippen molar-refractivity contribution in [2.75, 3.05) is 17.8 Å². The Labute approximate surface area is 268 Å². The Morgan fingerprint density at radius 2 is 1.82 bits per heavy atom. The molecule has 0 atom stereocenters. The quantitative estimate of drug-likeness (QED) is 0.190. The smallest absolute Gasteiger partial charge is 0.268 e. The number of rotatable bonds is 9. The zero-order chi connectivity index (χ0) is 32.7. The fourth-order valence-electron chi connectivity index (χ4n) is 5.25. The number of benzene rings is 1. The van der Waals surface area contributed by atoms with Crippen LogP contribution in [0.25, 0.3) is 32.7 Å². The topological polar surface area (TPSA) is 114 Å². The number of hydrogen-bond acceptors (Lipinski definition) is 7. The lowest BCUT2D eigenvalue weighted by atomic mass is 9.98. The van der Waals surface area contributed by atoms with Crippen LogP contribution in [0.4, 0.5) is 10.1 Å². The van der Waals surface area contributed by atoms with Crippen molar-refractivity contribution >= 4 is 48.3 Å². The van der Waals surface area contributed by atoms with Crippen LogP contribution in [0, 0.1) is 12.7 Å². The molecule has 4 heterocycles. The lowest BCUT2D eigenvalue weighted by molar-refractivity contribution is 0.482. The van der Waals surface area contributed by atoms with Crippen LogP contribution < -0.4 is 4.72 Å². The fraction of sp³-hybridized carbons (Fsp3) is 0.312. The molecule has 0 aliphatic carbocycles. The molecule has 0 unspecified atom stereocenters. The zero-order valence-electron chi connectivity index (χ0n) is 25.8. The first-order valence-corrected chi connectivity index (χ1v) is 18.2. The van der Waals surface area contributed by atoms with Gasteiger partial charge in [0.2, 0.25) is 0 Å². The molecule has 4 aromatic rings. The van der Waals surface area contributed by atoms with E-state index < -0.39 is 31.5 Å². The molecule has 9 nitrogen and oxygen atoms in total. The minimum Gasteiger partial charge on any atom is -0.268 e. The van der Waals surface area contributed by atoms with Crippen LogP contribution in [0.2, 0.25) is 0 Å². The van der Waals surface area contributed by atoms with Gasteiger partial charge in [0.1, 0.15) is 0 Å². The molecule has 0 bridgehead atoms. The van der Waals surface area contributed by atoms with E-state index >= 15 is 4.39 Å². The second kappa shape index (κ2) is 12.3. The molecule has 1 saturated heterocycles. The molecule has 1 fully saturated rings. The van der Waals surface area contributed by atoms with E-state index in [0.717, 1.165) is 17.8 Å². The number of hydrogen-bond donors (Lipinski definition) is 1. The Balaban J connectivity index is 1.71. The monoisotopic (exact) mass is 669 g/mol. The van der Waals surface area contributed by atoms with Crippen LogP contribution in [0.15, 0.2) is 72.3 Å². The van der Waals surface area contributed by atoms with E-state index in [1.807, 2.05) is 20.8 Å². The summed E-state index contributed by atoms with van der Waals surface area (Å²) in [6.07, 6.45) is 9.01. The molecular weight excluding hydrogens is 634 g/mol. The highest BCUT2D eigenvalue weighted by Gasteiger charge is 2.30. The standard InChI is InChI=1S/C32H36FN5O4S3/c1-7-12-22(13-8-2)44(39,40)38-21(3)20-25-23(16-17-34-30(25)38)29-28(35-31(43-29)32(4,5)6)24-14-11-15-26(27(24)33)36-45(41,42)37-18-9-10-19-37/h7-8,11-17,20,36H,1,9-10,18-19H2,2-6H3. The van der Waals surface area contributed by atoms with E-state index in [4.69, 9.17) is 4.98 Å². The molecule has 0 spiro atoms. The molecule has 13 heteroatoms. The number of nitrogens with zero attached hydrogens (tertiary/aromatic N) is 4. The largest absolute Gasteiger partial charge is 0.301 e. The predicted molar refractivity (Wildman–Crippen MR) is 180 cm³/mol. The van der Waals surface area contributed by atoms with Crippen LogP contribution in [0.5, 0.6) is 0 Å². The summed E-state index contributed by atoms with van der Waals surface area (Å²) in [6.45, 7) is 13.8. The van der Waals surface area contributed by atoms with Gasteiger partial charge in [-0.25, -0.2) is 26.7 Å². The van der Waals surface area contributed by atoms with Gasteiger partial charge in [-0.2, -0.15) is 12.7 Å². The second-order valence-electron chi connectivity index (χ2n) is 11.8. The van der Waals surface area contributed by atoms with Crippen molar-refractivity contribution in [1.29, 1.82) is 0 Å². The van der Waals surface area contributed by atoms with Gasteiger partial charge < -0.3 is 0 Å². The van der Waals surface area contributed by atoms with Gasteiger partial charge in [0.05, 0.1) is 26.2 Å². The number of allylic oxidation sites excluding steroid dienone is 4. The van der Waals surface area contributed by atoms with Crippen molar-refractivity contribution in [1.82, 2.24) is 18.2 Å². The lowest BCUT2D eigenvalue weighted by Gasteiger charge is -2.18. The predicted octanol–water partition coefficient (Wildman–Crippen LogP) is 7.15. The number of pyridine rings is 1. The summed E-state index contributed by atoms with van der Waals surface area (Å²) in [4.78, 5) is 10.0. The summed E-state index contributed by atoms with van der Waals surface area (Å²) in [7, 11) is -7.97. The average molecular weight is 670 g/mol. The highest BCUT2D eigenvalue weighted by Crippen LogP contribution is 2.45. The van der Waals surface area contributed by atoms with Gasteiger partial charge in [0.15, 0.2) is 11.5 Å². The zero-order valence-corrected chi connectivity index (χ0v) is 28.3. The Morgan fingerprint density at radius 3 is 2.47 bits per heavy atom. The first kappa shape index (κ1) is 32.7. The van der Waals surface area contributed by atoms with Crippen LogP contribution in [0.1, 0.15) is 51.2 Å². The summed E-state index contributed by atoms with van der Waals surface area (Å²) >= 11 is 1.38. The van der Waals surface area contributed by atoms with Gasteiger partial charge in [-0.1, -0.05) is 45.6 Å². The van der Waals surface area contributed by atoms with Gasteiger partial charge in [-0.05, 0) is 63.1 Å². The maximum atomic E-state index is 16.3. The molecule has 1 aliphatic heterocycles.